The summed E-state index contributed by atoms with van der Waals surface area (Å²) in [4.78, 5) is 56.4. The lowest BCUT2D eigenvalue weighted by Gasteiger charge is -2.34. The number of hydrogen-bond donors (Lipinski definition) is 6. The Labute approximate surface area is 300 Å². The Morgan fingerprint density at radius 2 is 1.27 bits per heavy atom. The molecular weight excluding hydrogens is 652 g/mol. The summed E-state index contributed by atoms with van der Waals surface area (Å²) in [6.45, 7) is 11.1. The molecule has 0 saturated heterocycles. The summed E-state index contributed by atoms with van der Waals surface area (Å²) in [5.74, 6) is -0.988. The van der Waals surface area contributed by atoms with Crippen LogP contribution >= 0.6 is 0 Å². The third-order valence-corrected chi connectivity index (χ3v) is 8.33. The molecule has 13 nitrogen and oxygen atoms in total. The van der Waals surface area contributed by atoms with E-state index in [0.29, 0.717) is 5.01 Å². The fourth-order valence-electron chi connectivity index (χ4n) is 5.50. The van der Waals surface area contributed by atoms with Crippen LogP contribution in [0.2, 0.25) is 0 Å². The van der Waals surface area contributed by atoms with Crippen molar-refractivity contribution in [2.75, 3.05) is 20.8 Å². The first kappa shape index (κ1) is 40.4. The molecule has 0 spiro atoms. The van der Waals surface area contributed by atoms with E-state index < -0.39 is 59.1 Å². The number of pyridine rings is 1. The number of carbonyl (C=O) groups excluding carboxylic acids is 4. The first-order valence-electron chi connectivity index (χ1n) is 16.9. The number of carbonyl (C=O) groups is 4. The number of amides is 4. The van der Waals surface area contributed by atoms with Crippen LogP contribution in [0.4, 0.5) is 9.59 Å². The van der Waals surface area contributed by atoms with Gasteiger partial charge in [0.1, 0.15) is 31.3 Å². The highest BCUT2D eigenvalue weighted by molar-refractivity contribution is 5.87. The smallest absolute Gasteiger partial charge is 0.407 e. The molecule has 0 aliphatic rings. The van der Waals surface area contributed by atoms with Gasteiger partial charge in [-0.15, -0.1) is 0 Å². The number of methoxy groups -OCH3 is 2. The van der Waals surface area contributed by atoms with Crippen molar-refractivity contribution in [1.29, 1.82) is 0 Å². The number of rotatable bonds is 14. The number of ether oxygens (including phenoxy) is 2. The highest BCUT2D eigenvalue weighted by Crippen LogP contribution is 2.21. The van der Waals surface area contributed by atoms with Crippen LogP contribution in [0.15, 0.2) is 79.0 Å². The summed E-state index contributed by atoms with van der Waals surface area (Å²) >= 11 is 0. The maximum absolute atomic E-state index is 13.8. The van der Waals surface area contributed by atoms with Crippen molar-refractivity contribution in [3.63, 3.8) is 0 Å². The molecule has 0 saturated carbocycles. The molecule has 51 heavy (non-hydrogen) atoms. The van der Waals surface area contributed by atoms with Gasteiger partial charge in [-0.05, 0) is 34.9 Å². The van der Waals surface area contributed by atoms with Gasteiger partial charge in [-0.3, -0.25) is 14.6 Å². The van der Waals surface area contributed by atoms with Gasteiger partial charge in [0.2, 0.25) is 5.91 Å². The molecule has 1 unspecified atom stereocenters. The Bertz CT molecular complexity index is 1570. The lowest BCUT2D eigenvalue weighted by atomic mass is 9.85. The highest BCUT2D eigenvalue weighted by Gasteiger charge is 2.38. The summed E-state index contributed by atoms with van der Waals surface area (Å²) < 4.78 is 9.55. The topological polar surface area (TPSA) is 172 Å². The van der Waals surface area contributed by atoms with E-state index in [9.17, 15) is 24.3 Å². The Kier molecular flexibility index (Phi) is 14.5. The molecule has 276 valence electrons. The van der Waals surface area contributed by atoms with E-state index in [0.717, 1.165) is 22.4 Å². The molecule has 2 aromatic carbocycles. The largest absolute Gasteiger partial charge is 0.453 e. The average molecular weight is 706 g/mol. The number of nitrogens with zero attached hydrogens (tertiary/aromatic N) is 1. The second-order valence-electron chi connectivity index (χ2n) is 14.6. The zero-order valence-electron chi connectivity index (χ0n) is 30.8. The first-order valence-corrected chi connectivity index (χ1v) is 16.9. The molecule has 3 rings (SSSR count). The van der Waals surface area contributed by atoms with Gasteiger partial charge in [0.25, 0.3) is 5.91 Å². The van der Waals surface area contributed by atoms with E-state index in [-0.39, 0.29) is 19.5 Å². The van der Waals surface area contributed by atoms with Crippen molar-refractivity contribution in [3.05, 3.63) is 90.1 Å². The normalized spacial score (nSPS) is 14.5. The van der Waals surface area contributed by atoms with Crippen LogP contribution in [0.5, 0.6) is 0 Å². The second-order valence-corrected chi connectivity index (χ2v) is 14.6. The summed E-state index contributed by atoms with van der Waals surface area (Å²) in [5, 5.41) is 20.5. The summed E-state index contributed by atoms with van der Waals surface area (Å²) in [5.41, 5.74) is 5.04. The maximum atomic E-state index is 13.8. The molecule has 4 amide bonds. The van der Waals surface area contributed by atoms with Gasteiger partial charge < -0.3 is 30.5 Å². The quantitative estimate of drug-likeness (QED) is 0.139. The minimum Gasteiger partial charge on any atom is -0.453 e. The van der Waals surface area contributed by atoms with Gasteiger partial charge in [0.05, 0.1) is 26.0 Å². The highest BCUT2D eigenvalue weighted by atomic mass is 16.5. The summed E-state index contributed by atoms with van der Waals surface area (Å²) in [6.07, 6.45) is -0.710. The van der Waals surface area contributed by atoms with Crippen LogP contribution < -0.4 is 26.4 Å². The molecule has 0 aliphatic carbocycles. The fourth-order valence-corrected chi connectivity index (χ4v) is 5.50. The number of alkyl carbamates (subject to hydrolysis) is 2. The number of quaternary nitrogens is 1. The molecule has 1 aromatic heterocycles. The van der Waals surface area contributed by atoms with Crippen molar-refractivity contribution in [2.45, 2.75) is 78.7 Å². The van der Waals surface area contributed by atoms with Gasteiger partial charge in [-0.1, -0.05) is 102 Å². The third-order valence-electron chi connectivity index (χ3n) is 8.33. The lowest BCUT2D eigenvalue weighted by Crippen LogP contribution is -3.19. The van der Waals surface area contributed by atoms with Crippen LogP contribution in [0.1, 0.15) is 52.7 Å². The fraction of sp³-hybridized carbons (Fsp3) is 0.447. The molecule has 13 heteroatoms. The zero-order chi connectivity index (χ0) is 37.8. The predicted molar refractivity (Wildman–Crippen MR) is 193 cm³/mol. The molecule has 0 bridgehead atoms. The number of nitrogens with one attached hydrogen (secondary N) is 5. The van der Waals surface area contributed by atoms with Gasteiger partial charge >= 0.3 is 12.2 Å². The van der Waals surface area contributed by atoms with E-state index in [4.69, 9.17) is 9.47 Å². The van der Waals surface area contributed by atoms with Crippen LogP contribution in [-0.2, 0) is 32.0 Å². The number of aliphatic hydroxyl groups is 1. The standard InChI is InChI=1S/C38H52N6O7/c1-37(2,3)31(41-35(48)50-7)33(46)40-29(22-25-14-10-9-11-15-25)30(45)24-44(43-34(47)32(38(4,5)6)42-36(49)51-8)23-26-17-19-27(20-18-26)28-16-12-13-21-39-28/h9-21,29-32,45H,22-24H2,1-8H3,(H,40,46)(H,41,48)(H,42,49)(H,43,47)/p+1/t29-,30-,31+,32+/m0/s1. The molecular formula is C38H53N6O7+. The minimum atomic E-state index is -1.18. The van der Waals surface area contributed by atoms with E-state index in [1.165, 1.54) is 14.2 Å². The van der Waals surface area contributed by atoms with Crippen molar-refractivity contribution < 1.29 is 38.8 Å². The SMILES string of the molecule is COC(=O)N[C@H](C(=O)N[C@@H](Cc1ccccc1)[C@@H](O)C[NH+](Cc1ccc(-c2ccccn2)cc1)NC(=O)[C@@H](NC(=O)OC)C(C)(C)C)C(C)(C)C. The van der Waals surface area contributed by atoms with Crippen LogP contribution in [0.25, 0.3) is 11.3 Å². The third kappa shape index (κ3) is 12.7. The number of aromatic nitrogens is 1. The van der Waals surface area contributed by atoms with Crippen molar-refractivity contribution >= 4 is 24.0 Å². The average Bonchev–Trinajstić information content (AvgIpc) is 3.08. The lowest BCUT2D eigenvalue weighted by molar-refractivity contribution is -0.952. The minimum absolute atomic E-state index is 0.0365. The molecule has 5 atom stereocenters. The predicted octanol–water partition coefficient (Wildman–Crippen LogP) is 2.79. The summed E-state index contributed by atoms with van der Waals surface area (Å²) in [7, 11) is 2.44. The van der Waals surface area contributed by atoms with E-state index in [1.807, 2.05) is 114 Å². The number of hydrogen-bond acceptors (Lipinski definition) is 8. The van der Waals surface area contributed by atoms with Gasteiger partial charge in [0.15, 0.2) is 0 Å². The number of benzene rings is 2. The monoisotopic (exact) mass is 705 g/mol. The zero-order valence-corrected chi connectivity index (χ0v) is 30.8. The van der Waals surface area contributed by atoms with Crippen molar-refractivity contribution in [2.24, 2.45) is 10.8 Å². The number of aliphatic hydroxyl groups excluding tert-OH is 1. The van der Waals surface area contributed by atoms with E-state index in [1.54, 1.807) is 6.20 Å². The molecule has 0 radical (unpaired) electrons. The van der Waals surface area contributed by atoms with Gasteiger partial charge in [-0.2, -0.15) is 0 Å². The molecule has 6 N–H and O–H groups in total. The maximum Gasteiger partial charge on any atom is 0.407 e. The van der Waals surface area contributed by atoms with Gasteiger partial charge in [-0.25, -0.2) is 20.0 Å². The molecule has 0 aliphatic heterocycles. The Morgan fingerprint density at radius 1 is 0.725 bits per heavy atom. The Hall–Kier alpha value is -5.01. The second kappa shape index (κ2) is 18.3. The van der Waals surface area contributed by atoms with E-state index >= 15 is 0 Å². The Balaban J connectivity index is 1.96. The summed E-state index contributed by atoms with van der Waals surface area (Å²) in [6, 6.07) is 20.0. The van der Waals surface area contributed by atoms with E-state index in [2.05, 4.69) is 26.4 Å². The van der Waals surface area contributed by atoms with Crippen LogP contribution in [0, 0.1) is 10.8 Å². The molecule has 0 fully saturated rings. The first-order chi connectivity index (χ1) is 24.0. The van der Waals surface area contributed by atoms with Crippen LogP contribution in [0.3, 0.4) is 0 Å². The Morgan fingerprint density at radius 3 is 1.78 bits per heavy atom. The molecule has 3 aromatic rings. The van der Waals surface area contributed by atoms with Crippen molar-refractivity contribution in [3.8, 4) is 11.3 Å². The van der Waals surface area contributed by atoms with Crippen molar-refractivity contribution in [1.82, 2.24) is 26.4 Å². The molecule has 1 heterocycles. The van der Waals surface area contributed by atoms with Crippen LogP contribution in [-0.4, -0.2) is 79.1 Å². The van der Waals surface area contributed by atoms with Gasteiger partial charge in [0, 0.05) is 17.3 Å².